The number of nitrogens with zero attached hydrogens (tertiary/aromatic N) is 2. The molecule has 0 aliphatic rings. The van der Waals surface area contributed by atoms with Crippen LogP contribution in [0.5, 0.6) is 23.0 Å². The summed E-state index contributed by atoms with van der Waals surface area (Å²) in [5, 5.41) is 0. The van der Waals surface area contributed by atoms with Crippen molar-refractivity contribution in [2.45, 2.75) is 36.7 Å². The average molecular weight is 859 g/mol. The number of carbonyl (C=O) groups excluding carboxylic acids is 2. The normalized spacial score (nSPS) is 11.5. The van der Waals surface area contributed by atoms with Crippen LogP contribution in [0.2, 0.25) is 0 Å². The average Bonchev–Trinajstić information content (AvgIpc) is 3.19. The molecule has 0 radical (unpaired) electrons. The van der Waals surface area contributed by atoms with Gasteiger partial charge in [0.2, 0.25) is 0 Å². The van der Waals surface area contributed by atoms with Crippen molar-refractivity contribution in [3.63, 3.8) is 0 Å². The smallest absolute Gasteiger partial charge is 0.275 e. The zero-order valence-corrected chi connectivity index (χ0v) is 33.6. The number of guanidine groups is 2. The predicted octanol–water partition coefficient (Wildman–Crippen LogP) is 7.83. The number of nitrogens with one attached hydrogen (secondary N) is 2. The molecule has 0 aliphatic heterocycles. The lowest BCUT2D eigenvalue weighted by Crippen LogP contribution is -2.24. The lowest BCUT2D eigenvalue weighted by molar-refractivity contribution is -0.115. The molecule has 0 atom stereocenters. The Kier molecular flexibility index (Phi) is 15.5. The molecule has 5 aromatic carbocycles. The van der Waals surface area contributed by atoms with Crippen LogP contribution in [-0.4, -0.2) is 23.7 Å². The number of benzene rings is 5. The minimum Gasteiger partial charge on any atom is -0.451 e. The zero-order valence-electron chi connectivity index (χ0n) is 32.0. The zero-order chi connectivity index (χ0) is 43.3. The number of carbonyl (C=O) groups is 2. The van der Waals surface area contributed by atoms with Gasteiger partial charge in [0.1, 0.15) is 11.5 Å². The number of nitrogens with two attached hydrogens (primary N) is 4. The van der Waals surface area contributed by atoms with Gasteiger partial charge in [-0.25, -0.2) is 17.6 Å². The Morgan fingerprint density at radius 3 is 1.18 bits per heavy atom. The van der Waals surface area contributed by atoms with Crippen molar-refractivity contribution in [1.29, 1.82) is 0 Å². The molecule has 18 heteroatoms. The molecule has 0 spiro atoms. The highest BCUT2D eigenvalue weighted by molar-refractivity contribution is 7.97. The Bertz CT molecular complexity index is 2260. The maximum atomic E-state index is 14.8. The lowest BCUT2D eigenvalue weighted by Gasteiger charge is -2.11. The molecule has 310 valence electrons. The number of halogens is 4. The van der Waals surface area contributed by atoms with Gasteiger partial charge in [0.15, 0.2) is 46.7 Å². The van der Waals surface area contributed by atoms with Crippen LogP contribution >= 0.6 is 23.9 Å². The fraction of sp³-hybridized carbons (Fsp3) is 0.0952. The van der Waals surface area contributed by atoms with Crippen LogP contribution in [0.3, 0.4) is 0 Å². The van der Waals surface area contributed by atoms with E-state index in [4.69, 9.17) is 32.4 Å². The highest BCUT2D eigenvalue weighted by Gasteiger charge is 2.16. The topological polar surface area (TPSA) is 205 Å². The maximum Gasteiger partial charge on any atom is 0.275 e. The molecule has 0 bridgehead atoms. The minimum absolute atomic E-state index is 0.0836. The third-order valence-electron chi connectivity index (χ3n) is 7.99. The van der Waals surface area contributed by atoms with E-state index in [1.165, 1.54) is 49.9 Å². The summed E-state index contributed by atoms with van der Waals surface area (Å²) in [5.41, 5.74) is 23.2. The molecule has 60 heavy (non-hydrogen) atoms. The van der Waals surface area contributed by atoms with E-state index in [0.29, 0.717) is 13.1 Å². The third-order valence-corrected chi connectivity index (χ3v) is 9.58. The summed E-state index contributed by atoms with van der Waals surface area (Å²) < 4.78 is 76.6. The summed E-state index contributed by atoms with van der Waals surface area (Å²) >= 11 is 2.75. The van der Waals surface area contributed by atoms with Gasteiger partial charge in [0.05, 0.1) is 0 Å². The molecular weight excluding hydrogens is 821 g/mol. The van der Waals surface area contributed by atoms with Crippen molar-refractivity contribution in [3.05, 3.63) is 154 Å². The van der Waals surface area contributed by atoms with Crippen LogP contribution in [0, 0.1) is 23.3 Å². The van der Waals surface area contributed by atoms with E-state index < -0.39 is 58.5 Å². The molecule has 5 aromatic rings. The number of hydrogen-bond acceptors (Lipinski definition) is 8. The third kappa shape index (κ3) is 13.2. The SMILES string of the molecule is C/C(=C\c1cc(F)c(Oc2ccc(SNCc3ccc(CNSc4ccc(Oc5c(F)cc(/C=C(\C)C(=O)N=C(N)N)cc5F)cc4)cc3)cc2)c(F)c1)C(=O)N=C(N)N. The molecule has 0 heterocycles. The lowest BCUT2D eigenvalue weighted by atomic mass is 10.1. The second-order valence-electron chi connectivity index (χ2n) is 12.8. The van der Waals surface area contributed by atoms with Crippen LogP contribution in [0.1, 0.15) is 36.1 Å². The summed E-state index contributed by atoms with van der Waals surface area (Å²) in [6.07, 6.45) is 2.51. The van der Waals surface area contributed by atoms with E-state index in [0.717, 1.165) is 45.2 Å². The first-order chi connectivity index (χ1) is 28.6. The van der Waals surface area contributed by atoms with Gasteiger partial charge in [-0.3, -0.25) is 19.0 Å². The summed E-state index contributed by atoms with van der Waals surface area (Å²) in [6, 6.07) is 25.5. The molecular formula is C42H38F4N8O4S2. The first-order valence-electron chi connectivity index (χ1n) is 17.7. The summed E-state index contributed by atoms with van der Waals surface area (Å²) in [4.78, 5) is 32.3. The first kappa shape index (κ1) is 44.5. The van der Waals surface area contributed by atoms with Gasteiger partial charge in [-0.15, -0.1) is 0 Å². The van der Waals surface area contributed by atoms with Gasteiger partial charge in [-0.2, -0.15) is 9.98 Å². The van der Waals surface area contributed by atoms with Gasteiger partial charge in [-0.1, -0.05) is 24.3 Å². The van der Waals surface area contributed by atoms with E-state index in [1.807, 2.05) is 24.3 Å². The standard InChI is InChI=1S/C42H38F4N8O4S2/c1-23(39(55)53-41(47)48)15-27-17-33(43)37(34(44)18-27)57-29-7-11-31(12-8-29)59-51-21-25-3-5-26(6-4-25)22-52-60-32-13-9-30(10-14-32)58-38-35(45)19-28(20-36(38)46)16-24(2)40(56)54-42(49)50/h3-20,51-52H,21-22H2,1-2H3,(H4,47,48,53,55)(H4,49,50,54,56)/b23-15+,24-16+. The Morgan fingerprint density at radius 2 is 0.883 bits per heavy atom. The molecule has 2 amide bonds. The van der Waals surface area contributed by atoms with Crippen LogP contribution in [0.25, 0.3) is 12.2 Å². The Hall–Kier alpha value is -6.60. The van der Waals surface area contributed by atoms with Gasteiger partial charge < -0.3 is 32.4 Å². The molecule has 0 fully saturated rings. The number of ether oxygens (including phenoxy) is 2. The van der Waals surface area contributed by atoms with E-state index >= 15 is 0 Å². The first-order valence-corrected chi connectivity index (χ1v) is 19.3. The van der Waals surface area contributed by atoms with E-state index in [2.05, 4.69) is 19.4 Å². The van der Waals surface area contributed by atoms with Crippen molar-refractivity contribution < 1.29 is 36.6 Å². The van der Waals surface area contributed by atoms with Crippen molar-refractivity contribution in [1.82, 2.24) is 9.44 Å². The van der Waals surface area contributed by atoms with Crippen LogP contribution in [-0.2, 0) is 22.7 Å². The fourth-order valence-corrected chi connectivity index (χ4v) is 6.48. The summed E-state index contributed by atoms with van der Waals surface area (Å²) in [5.74, 6) is -6.85. The van der Waals surface area contributed by atoms with Crippen molar-refractivity contribution in [2.24, 2.45) is 32.9 Å². The second kappa shape index (κ2) is 20.9. The van der Waals surface area contributed by atoms with Crippen LogP contribution in [0.15, 0.2) is 128 Å². The number of amides is 2. The van der Waals surface area contributed by atoms with Crippen LogP contribution in [0.4, 0.5) is 17.6 Å². The van der Waals surface area contributed by atoms with Crippen molar-refractivity contribution in [2.75, 3.05) is 0 Å². The summed E-state index contributed by atoms with van der Waals surface area (Å²) in [7, 11) is 0. The highest BCUT2D eigenvalue weighted by Crippen LogP contribution is 2.32. The molecule has 0 aliphatic carbocycles. The Balaban J connectivity index is 1.04. The van der Waals surface area contributed by atoms with Gasteiger partial charge in [0, 0.05) is 34.0 Å². The molecule has 0 aromatic heterocycles. The summed E-state index contributed by atoms with van der Waals surface area (Å²) in [6.45, 7) is 3.95. The van der Waals surface area contributed by atoms with Crippen LogP contribution < -0.4 is 41.9 Å². The Labute approximate surface area is 351 Å². The van der Waals surface area contributed by atoms with Crippen molar-refractivity contribution in [3.8, 4) is 23.0 Å². The predicted molar refractivity (Wildman–Crippen MR) is 227 cm³/mol. The van der Waals surface area contributed by atoms with Gasteiger partial charge >= 0.3 is 0 Å². The minimum atomic E-state index is -0.954. The number of hydrogen-bond donors (Lipinski definition) is 6. The number of aliphatic imine (C=N–C) groups is 2. The van der Waals surface area contributed by atoms with Gasteiger partial charge in [-0.05, 0) is 145 Å². The number of rotatable bonds is 16. The van der Waals surface area contributed by atoms with E-state index in [1.54, 1.807) is 48.5 Å². The largest absolute Gasteiger partial charge is 0.451 e. The molecule has 12 nitrogen and oxygen atoms in total. The second-order valence-corrected chi connectivity index (χ2v) is 14.7. The van der Waals surface area contributed by atoms with E-state index in [9.17, 15) is 27.2 Å². The monoisotopic (exact) mass is 858 g/mol. The molecule has 0 saturated heterocycles. The fourth-order valence-electron chi connectivity index (χ4n) is 5.12. The highest BCUT2D eigenvalue weighted by atomic mass is 32.2. The molecule has 0 unspecified atom stereocenters. The molecule has 10 N–H and O–H groups in total. The van der Waals surface area contributed by atoms with Gasteiger partial charge in [0.25, 0.3) is 11.8 Å². The maximum absolute atomic E-state index is 14.8. The molecule has 0 saturated carbocycles. The molecule has 5 rings (SSSR count). The quantitative estimate of drug-likeness (QED) is 0.0185. The Morgan fingerprint density at radius 1 is 0.567 bits per heavy atom. The van der Waals surface area contributed by atoms with E-state index in [-0.39, 0.29) is 33.8 Å². The van der Waals surface area contributed by atoms with Crippen molar-refractivity contribution >= 4 is 59.8 Å².